The van der Waals surface area contributed by atoms with Crippen LogP contribution in [0.2, 0.25) is 0 Å². The number of anilines is 1. The first-order valence-electron chi connectivity index (χ1n) is 6.77. The highest BCUT2D eigenvalue weighted by atomic mass is 32.2. The maximum atomic E-state index is 6.12. The third kappa shape index (κ3) is 2.76. The van der Waals surface area contributed by atoms with Gasteiger partial charge in [-0.3, -0.25) is 0 Å². The topological polar surface area (TPSA) is 51.8 Å². The van der Waals surface area contributed by atoms with E-state index in [0.717, 1.165) is 21.8 Å². The standard InChI is InChI=1S/C16H17N3S2/c1-9-6-4-5-7-12(9)20-8-13-18-15(17)14-10(2)11(3)21-16(14)19-13/h4-7H,8H2,1-3H3,(H2,17,18,19). The number of nitrogens with two attached hydrogens (primary N) is 1. The van der Waals surface area contributed by atoms with Gasteiger partial charge in [0.25, 0.3) is 0 Å². The van der Waals surface area contributed by atoms with Gasteiger partial charge in [0.15, 0.2) is 0 Å². The van der Waals surface area contributed by atoms with E-state index in [1.54, 1.807) is 23.1 Å². The number of nitrogens with zero attached hydrogens (tertiary/aromatic N) is 2. The summed E-state index contributed by atoms with van der Waals surface area (Å²) >= 11 is 3.44. The van der Waals surface area contributed by atoms with Crippen molar-refractivity contribution in [2.24, 2.45) is 0 Å². The third-order valence-corrected chi connectivity index (χ3v) is 5.83. The fourth-order valence-corrected chi connectivity index (χ4v) is 4.19. The summed E-state index contributed by atoms with van der Waals surface area (Å²) in [5.41, 5.74) is 8.59. The maximum Gasteiger partial charge on any atom is 0.142 e. The molecule has 0 fully saturated rings. The molecule has 108 valence electrons. The van der Waals surface area contributed by atoms with Crippen LogP contribution in [0.5, 0.6) is 0 Å². The second-order valence-electron chi connectivity index (χ2n) is 5.04. The minimum Gasteiger partial charge on any atom is -0.383 e. The summed E-state index contributed by atoms with van der Waals surface area (Å²) in [4.78, 5) is 12.7. The molecule has 3 nitrogen and oxygen atoms in total. The Morgan fingerprint density at radius 3 is 2.67 bits per heavy atom. The number of hydrogen-bond donors (Lipinski definition) is 1. The summed E-state index contributed by atoms with van der Waals surface area (Å²) < 4.78 is 0. The Morgan fingerprint density at radius 2 is 1.90 bits per heavy atom. The monoisotopic (exact) mass is 315 g/mol. The molecule has 0 saturated carbocycles. The van der Waals surface area contributed by atoms with E-state index in [4.69, 9.17) is 5.73 Å². The molecule has 0 amide bonds. The number of aromatic nitrogens is 2. The first-order chi connectivity index (χ1) is 10.1. The van der Waals surface area contributed by atoms with E-state index in [1.165, 1.54) is 20.9 Å². The van der Waals surface area contributed by atoms with Crippen LogP contribution < -0.4 is 5.73 Å². The van der Waals surface area contributed by atoms with Crippen molar-refractivity contribution in [2.75, 3.05) is 5.73 Å². The van der Waals surface area contributed by atoms with E-state index in [-0.39, 0.29) is 0 Å². The fraction of sp³-hybridized carbons (Fsp3) is 0.250. The molecule has 3 rings (SSSR count). The molecule has 0 bridgehead atoms. The van der Waals surface area contributed by atoms with Crippen molar-refractivity contribution >= 4 is 39.1 Å². The van der Waals surface area contributed by atoms with E-state index in [1.807, 2.05) is 0 Å². The van der Waals surface area contributed by atoms with Crippen molar-refractivity contribution in [3.8, 4) is 0 Å². The van der Waals surface area contributed by atoms with Crippen LogP contribution in [0, 0.1) is 20.8 Å². The van der Waals surface area contributed by atoms with E-state index in [9.17, 15) is 0 Å². The largest absolute Gasteiger partial charge is 0.383 e. The zero-order chi connectivity index (χ0) is 15.0. The molecule has 0 aliphatic rings. The number of rotatable bonds is 3. The predicted octanol–water partition coefficient (Wildman–Crippen LogP) is 4.49. The Balaban J connectivity index is 1.90. The van der Waals surface area contributed by atoms with Gasteiger partial charge < -0.3 is 5.73 Å². The van der Waals surface area contributed by atoms with Crippen LogP contribution in [-0.2, 0) is 5.75 Å². The Hall–Kier alpha value is -1.59. The van der Waals surface area contributed by atoms with Crippen LogP contribution in [0.15, 0.2) is 29.2 Å². The van der Waals surface area contributed by atoms with Crippen molar-refractivity contribution in [3.05, 3.63) is 46.1 Å². The van der Waals surface area contributed by atoms with Crippen LogP contribution in [0.4, 0.5) is 5.82 Å². The molecule has 0 aliphatic heterocycles. The number of benzene rings is 1. The predicted molar refractivity (Wildman–Crippen MR) is 92.0 cm³/mol. The molecule has 0 atom stereocenters. The Kier molecular flexibility index (Phi) is 3.87. The highest BCUT2D eigenvalue weighted by Gasteiger charge is 2.12. The lowest BCUT2D eigenvalue weighted by molar-refractivity contribution is 1.08. The highest BCUT2D eigenvalue weighted by Crippen LogP contribution is 2.33. The van der Waals surface area contributed by atoms with Gasteiger partial charge in [0.1, 0.15) is 16.5 Å². The van der Waals surface area contributed by atoms with Gasteiger partial charge >= 0.3 is 0 Å². The number of nitrogen functional groups attached to an aromatic ring is 1. The summed E-state index contributed by atoms with van der Waals surface area (Å²) in [5, 5.41) is 1.02. The van der Waals surface area contributed by atoms with Crippen molar-refractivity contribution in [2.45, 2.75) is 31.4 Å². The van der Waals surface area contributed by atoms with E-state index in [2.05, 4.69) is 55.0 Å². The van der Waals surface area contributed by atoms with Crippen LogP contribution >= 0.6 is 23.1 Å². The molecule has 21 heavy (non-hydrogen) atoms. The fourth-order valence-electron chi connectivity index (χ4n) is 2.25. The third-order valence-electron chi connectivity index (χ3n) is 3.55. The zero-order valence-electron chi connectivity index (χ0n) is 12.3. The second kappa shape index (κ2) is 5.66. The zero-order valence-corrected chi connectivity index (χ0v) is 13.9. The minimum absolute atomic E-state index is 0.599. The summed E-state index contributed by atoms with van der Waals surface area (Å²) in [6.45, 7) is 6.30. The molecular weight excluding hydrogens is 298 g/mol. The summed E-state index contributed by atoms with van der Waals surface area (Å²) in [6.07, 6.45) is 0. The maximum absolute atomic E-state index is 6.12. The van der Waals surface area contributed by atoms with E-state index < -0.39 is 0 Å². The van der Waals surface area contributed by atoms with E-state index >= 15 is 0 Å². The highest BCUT2D eigenvalue weighted by molar-refractivity contribution is 7.98. The minimum atomic E-state index is 0.599. The Morgan fingerprint density at radius 1 is 1.14 bits per heavy atom. The molecule has 0 aliphatic carbocycles. The molecule has 0 unspecified atom stereocenters. The summed E-state index contributed by atoms with van der Waals surface area (Å²) in [7, 11) is 0. The molecule has 2 N–H and O–H groups in total. The summed E-state index contributed by atoms with van der Waals surface area (Å²) in [5.74, 6) is 2.14. The molecular formula is C16H17N3S2. The second-order valence-corrected chi connectivity index (χ2v) is 7.26. The van der Waals surface area contributed by atoms with E-state index in [0.29, 0.717) is 5.82 Å². The molecule has 0 saturated heterocycles. The lowest BCUT2D eigenvalue weighted by Crippen LogP contribution is -1.99. The smallest absolute Gasteiger partial charge is 0.142 e. The first kappa shape index (κ1) is 14.4. The van der Waals surface area contributed by atoms with Gasteiger partial charge in [-0.15, -0.1) is 23.1 Å². The molecule has 2 aromatic heterocycles. The summed E-state index contributed by atoms with van der Waals surface area (Å²) in [6, 6.07) is 8.35. The number of fused-ring (bicyclic) bond motifs is 1. The van der Waals surface area contributed by atoms with Crippen LogP contribution in [0.1, 0.15) is 21.8 Å². The number of aryl methyl sites for hydroxylation is 3. The van der Waals surface area contributed by atoms with Crippen LogP contribution in [0.3, 0.4) is 0 Å². The van der Waals surface area contributed by atoms with Crippen LogP contribution in [-0.4, -0.2) is 9.97 Å². The van der Waals surface area contributed by atoms with Crippen LogP contribution in [0.25, 0.3) is 10.2 Å². The molecule has 5 heteroatoms. The van der Waals surface area contributed by atoms with Gasteiger partial charge in [-0.2, -0.15) is 0 Å². The first-order valence-corrected chi connectivity index (χ1v) is 8.57. The van der Waals surface area contributed by atoms with Gasteiger partial charge in [-0.05, 0) is 38.0 Å². The van der Waals surface area contributed by atoms with Crippen molar-refractivity contribution in [1.82, 2.24) is 9.97 Å². The molecule has 2 heterocycles. The molecule has 1 aromatic carbocycles. The number of hydrogen-bond acceptors (Lipinski definition) is 5. The van der Waals surface area contributed by atoms with Crippen molar-refractivity contribution in [3.63, 3.8) is 0 Å². The van der Waals surface area contributed by atoms with Gasteiger partial charge in [0.2, 0.25) is 0 Å². The van der Waals surface area contributed by atoms with Gasteiger partial charge in [-0.25, -0.2) is 9.97 Å². The number of thioether (sulfide) groups is 1. The van der Waals surface area contributed by atoms with Gasteiger partial charge in [-0.1, -0.05) is 18.2 Å². The Bertz CT molecular complexity index is 809. The molecule has 3 aromatic rings. The van der Waals surface area contributed by atoms with Crippen molar-refractivity contribution < 1.29 is 0 Å². The number of thiophene rings is 1. The molecule has 0 spiro atoms. The van der Waals surface area contributed by atoms with Gasteiger partial charge in [0, 0.05) is 9.77 Å². The average molecular weight is 315 g/mol. The lowest BCUT2D eigenvalue weighted by atomic mass is 10.2. The Labute approximate surface area is 132 Å². The van der Waals surface area contributed by atoms with Crippen molar-refractivity contribution in [1.29, 1.82) is 0 Å². The quantitative estimate of drug-likeness (QED) is 0.723. The SMILES string of the molecule is Cc1ccccc1SCc1nc(N)c2c(C)c(C)sc2n1. The average Bonchev–Trinajstić information content (AvgIpc) is 2.73. The molecule has 0 radical (unpaired) electrons. The van der Waals surface area contributed by atoms with Gasteiger partial charge in [0.05, 0.1) is 11.1 Å². The lowest BCUT2D eigenvalue weighted by Gasteiger charge is -2.05. The normalized spacial score (nSPS) is 11.2.